The van der Waals surface area contributed by atoms with Crippen LogP contribution in [0.4, 0.5) is 4.39 Å². The Morgan fingerprint density at radius 1 is 1.59 bits per heavy atom. The smallest absolute Gasteiger partial charge is 0.123 e. The molecule has 0 aromatic heterocycles. The summed E-state index contributed by atoms with van der Waals surface area (Å²) in [5.74, 6) is -0.353. The van der Waals surface area contributed by atoms with Crippen LogP contribution in [-0.4, -0.2) is 24.9 Å². The molecule has 1 aromatic carbocycles. The zero-order valence-corrected chi connectivity index (χ0v) is 9.95. The molecule has 0 aliphatic carbocycles. The lowest BCUT2D eigenvalue weighted by Gasteiger charge is -2.41. The molecular weight excluding hydrogens is 221 g/mol. The molecule has 4 heteroatoms. The molecule has 94 valence electrons. The number of halogens is 1. The van der Waals surface area contributed by atoms with Gasteiger partial charge in [-0.05, 0) is 31.0 Å². The van der Waals surface area contributed by atoms with E-state index in [0.29, 0.717) is 31.7 Å². The van der Waals surface area contributed by atoms with Crippen molar-refractivity contribution in [1.29, 1.82) is 0 Å². The zero-order chi connectivity index (χ0) is 12.5. The van der Waals surface area contributed by atoms with Gasteiger partial charge in [-0.2, -0.15) is 0 Å². The van der Waals surface area contributed by atoms with Crippen LogP contribution in [0.3, 0.4) is 0 Å². The lowest BCUT2D eigenvalue weighted by atomic mass is 9.69. The Morgan fingerprint density at radius 3 is 2.88 bits per heavy atom. The number of hydrogen-bond donors (Lipinski definition) is 2. The zero-order valence-electron chi connectivity index (χ0n) is 9.95. The second kappa shape index (κ2) is 4.37. The Bertz CT molecular complexity index is 400. The maximum atomic E-state index is 13.2. The van der Waals surface area contributed by atoms with E-state index in [2.05, 4.69) is 0 Å². The van der Waals surface area contributed by atoms with Gasteiger partial charge in [-0.3, -0.25) is 0 Å². The summed E-state index contributed by atoms with van der Waals surface area (Å²) in [7, 11) is 0. The highest BCUT2D eigenvalue weighted by atomic mass is 19.1. The number of benzene rings is 1. The monoisotopic (exact) mass is 239 g/mol. The van der Waals surface area contributed by atoms with Crippen LogP contribution in [0.5, 0.6) is 0 Å². The molecule has 1 fully saturated rings. The lowest BCUT2D eigenvalue weighted by Crippen LogP contribution is -2.49. The molecule has 1 aromatic rings. The normalized spacial score (nSPS) is 28.0. The highest BCUT2D eigenvalue weighted by Gasteiger charge is 2.49. The van der Waals surface area contributed by atoms with Crippen molar-refractivity contribution >= 4 is 0 Å². The second-order valence-corrected chi connectivity index (χ2v) is 4.87. The van der Waals surface area contributed by atoms with Crippen LogP contribution in [0, 0.1) is 11.2 Å². The molecule has 2 atom stereocenters. The first-order chi connectivity index (χ1) is 8.02. The molecule has 3 N–H and O–H groups in total. The summed E-state index contributed by atoms with van der Waals surface area (Å²) in [4.78, 5) is 0. The Morgan fingerprint density at radius 2 is 2.35 bits per heavy atom. The molecule has 1 aliphatic rings. The molecule has 17 heavy (non-hydrogen) atoms. The van der Waals surface area contributed by atoms with Gasteiger partial charge in [-0.1, -0.05) is 12.1 Å². The van der Waals surface area contributed by atoms with Crippen LogP contribution < -0.4 is 5.73 Å². The molecule has 1 aliphatic heterocycles. The summed E-state index contributed by atoms with van der Waals surface area (Å²) in [6, 6.07) is 6.04. The number of aliphatic hydroxyl groups is 1. The van der Waals surface area contributed by atoms with Crippen molar-refractivity contribution in [3.63, 3.8) is 0 Å². The number of rotatable bonds is 3. The van der Waals surface area contributed by atoms with Crippen LogP contribution in [0.2, 0.25) is 0 Å². The van der Waals surface area contributed by atoms with Crippen molar-refractivity contribution in [3.8, 4) is 0 Å². The summed E-state index contributed by atoms with van der Waals surface area (Å²) >= 11 is 0. The van der Waals surface area contributed by atoms with Gasteiger partial charge in [-0.25, -0.2) is 4.39 Å². The van der Waals surface area contributed by atoms with E-state index in [9.17, 15) is 9.50 Å². The van der Waals surface area contributed by atoms with Gasteiger partial charge in [0.05, 0.1) is 12.2 Å². The molecule has 0 spiro atoms. The van der Waals surface area contributed by atoms with E-state index in [1.54, 1.807) is 19.1 Å². The predicted octanol–water partition coefficient (Wildman–Crippen LogP) is 1.40. The molecule has 0 bridgehead atoms. The summed E-state index contributed by atoms with van der Waals surface area (Å²) in [5.41, 5.74) is 4.64. The van der Waals surface area contributed by atoms with Crippen LogP contribution in [0.15, 0.2) is 24.3 Å². The molecule has 0 saturated carbocycles. The summed E-state index contributed by atoms with van der Waals surface area (Å²) in [6.07, 6.45) is 0.688. The van der Waals surface area contributed by atoms with E-state index < -0.39 is 11.0 Å². The first kappa shape index (κ1) is 12.5. The maximum absolute atomic E-state index is 13.2. The minimum absolute atomic E-state index is 0.316. The topological polar surface area (TPSA) is 55.5 Å². The first-order valence-electron chi connectivity index (χ1n) is 5.78. The summed E-state index contributed by atoms with van der Waals surface area (Å²) in [5, 5.41) is 10.7. The number of hydrogen-bond acceptors (Lipinski definition) is 3. The van der Waals surface area contributed by atoms with Crippen LogP contribution in [-0.2, 0) is 10.3 Å². The van der Waals surface area contributed by atoms with Crippen molar-refractivity contribution < 1.29 is 14.2 Å². The Hall–Kier alpha value is -0.970. The van der Waals surface area contributed by atoms with Gasteiger partial charge in [0, 0.05) is 18.6 Å². The number of ether oxygens (including phenoxy) is 1. The van der Waals surface area contributed by atoms with Gasteiger partial charge < -0.3 is 15.6 Å². The van der Waals surface area contributed by atoms with Gasteiger partial charge in [0.25, 0.3) is 0 Å². The van der Waals surface area contributed by atoms with E-state index in [-0.39, 0.29) is 5.82 Å². The molecule has 3 nitrogen and oxygen atoms in total. The third-order valence-corrected chi connectivity index (χ3v) is 3.91. The van der Waals surface area contributed by atoms with Crippen LogP contribution >= 0.6 is 0 Å². The third-order valence-electron chi connectivity index (χ3n) is 3.91. The van der Waals surface area contributed by atoms with Crippen molar-refractivity contribution in [2.24, 2.45) is 11.1 Å². The summed E-state index contributed by atoms with van der Waals surface area (Å²) in [6.45, 7) is 3.00. The average Bonchev–Trinajstić information content (AvgIpc) is 2.79. The van der Waals surface area contributed by atoms with Crippen molar-refractivity contribution in [3.05, 3.63) is 35.6 Å². The average molecular weight is 239 g/mol. The van der Waals surface area contributed by atoms with E-state index >= 15 is 0 Å². The van der Waals surface area contributed by atoms with Gasteiger partial charge >= 0.3 is 0 Å². The predicted molar refractivity (Wildman–Crippen MR) is 62.9 cm³/mol. The molecule has 0 radical (unpaired) electrons. The Labute approximate surface area is 100 Å². The SMILES string of the molecule is CC(O)(c1cccc(F)c1)C1(CN)CCOC1. The van der Waals surface area contributed by atoms with E-state index in [1.165, 1.54) is 12.1 Å². The Balaban J connectivity index is 2.40. The molecular formula is C13H18FNO2. The molecule has 1 saturated heterocycles. The molecule has 1 heterocycles. The van der Waals surface area contributed by atoms with Crippen molar-refractivity contribution in [2.45, 2.75) is 18.9 Å². The van der Waals surface area contributed by atoms with Gasteiger partial charge in [0.15, 0.2) is 0 Å². The maximum Gasteiger partial charge on any atom is 0.123 e. The molecule has 0 amide bonds. The largest absolute Gasteiger partial charge is 0.385 e. The summed E-state index contributed by atoms with van der Waals surface area (Å²) < 4.78 is 18.6. The lowest BCUT2D eigenvalue weighted by molar-refractivity contribution is -0.0749. The standard InChI is InChI=1S/C13H18FNO2/c1-12(16,10-3-2-4-11(14)7-10)13(8-15)5-6-17-9-13/h2-4,7,16H,5-6,8-9,15H2,1H3. The van der Waals surface area contributed by atoms with Gasteiger partial charge in [-0.15, -0.1) is 0 Å². The molecule has 2 unspecified atom stereocenters. The van der Waals surface area contributed by atoms with E-state index in [4.69, 9.17) is 10.5 Å². The fourth-order valence-corrected chi connectivity index (χ4v) is 2.45. The third kappa shape index (κ3) is 1.97. The van der Waals surface area contributed by atoms with Crippen molar-refractivity contribution in [2.75, 3.05) is 19.8 Å². The Kier molecular flexibility index (Phi) is 3.21. The highest BCUT2D eigenvalue weighted by Crippen LogP contribution is 2.45. The quantitative estimate of drug-likeness (QED) is 0.838. The molecule has 2 rings (SSSR count). The fraction of sp³-hybridized carbons (Fsp3) is 0.538. The van der Waals surface area contributed by atoms with E-state index in [1.807, 2.05) is 0 Å². The van der Waals surface area contributed by atoms with E-state index in [0.717, 1.165) is 0 Å². The minimum atomic E-state index is -1.18. The number of nitrogens with two attached hydrogens (primary N) is 1. The van der Waals surface area contributed by atoms with Crippen LogP contribution in [0.1, 0.15) is 18.9 Å². The fourth-order valence-electron chi connectivity index (χ4n) is 2.45. The van der Waals surface area contributed by atoms with Crippen molar-refractivity contribution in [1.82, 2.24) is 0 Å². The highest BCUT2D eigenvalue weighted by molar-refractivity contribution is 5.26. The minimum Gasteiger partial charge on any atom is -0.385 e. The van der Waals surface area contributed by atoms with Gasteiger partial charge in [0.1, 0.15) is 5.82 Å². The van der Waals surface area contributed by atoms with Gasteiger partial charge in [0.2, 0.25) is 0 Å². The van der Waals surface area contributed by atoms with Crippen LogP contribution in [0.25, 0.3) is 0 Å². The first-order valence-corrected chi connectivity index (χ1v) is 5.78. The second-order valence-electron chi connectivity index (χ2n) is 4.87.